The van der Waals surface area contributed by atoms with Crippen molar-refractivity contribution in [1.82, 2.24) is 9.80 Å². The fraction of sp³-hybridized carbons (Fsp3) is 0.615. The third kappa shape index (κ3) is 8.80. The number of hydrogen-bond donors (Lipinski definition) is 0. The molecule has 1 aromatic rings. The van der Waals surface area contributed by atoms with Crippen molar-refractivity contribution in [3.63, 3.8) is 0 Å². The number of rotatable bonds is 13. The zero-order valence-electron chi connectivity index (χ0n) is 20.7. The van der Waals surface area contributed by atoms with Crippen molar-refractivity contribution in [2.45, 2.75) is 58.8 Å². The molecule has 1 aliphatic rings. The number of likely N-dealkylation sites (N-methyl/N-ethyl adjacent to an activating group) is 1. The summed E-state index contributed by atoms with van der Waals surface area (Å²) in [5.41, 5.74) is 0.539. The van der Waals surface area contributed by atoms with Crippen LogP contribution in [0.25, 0.3) is 0 Å². The quantitative estimate of drug-likeness (QED) is 0.247. The van der Waals surface area contributed by atoms with E-state index in [1.165, 1.54) is 4.90 Å². The van der Waals surface area contributed by atoms with E-state index < -0.39 is 0 Å². The summed E-state index contributed by atoms with van der Waals surface area (Å²) in [7, 11) is 1.57. The van der Waals surface area contributed by atoms with Crippen LogP contribution in [0.3, 0.4) is 0 Å². The van der Waals surface area contributed by atoms with Gasteiger partial charge < -0.3 is 19.3 Å². The van der Waals surface area contributed by atoms with E-state index in [1.807, 2.05) is 0 Å². The van der Waals surface area contributed by atoms with Crippen LogP contribution in [0.2, 0.25) is 0 Å². The Hall–Kier alpha value is -2.90. The third-order valence-electron chi connectivity index (χ3n) is 6.02. The van der Waals surface area contributed by atoms with E-state index in [2.05, 4.69) is 6.92 Å². The number of likely N-dealkylation sites (tertiary alicyclic amines) is 1. The Balaban J connectivity index is 1.71. The summed E-state index contributed by atoms with van der Waals surface area (Å²) in [5, 5.41) is 0. The molecule has 1 aromatic carbocycles. The zero-order chi connectivity index (χ0) is 24.9. The zero-order valence-corrected chi connectivity index (χ0v) is 20.7. The van der Waals surface area contributed by atoms with Gasteiger partial charge in [0.05, 0.1) is 25.7 Å². The number of ketones is 1. The lowest BCUT2D eigenvalue weighted by molar-refractivity contribution is -0.151. The number of benzene rings is 1. The largest absolute Gasteiger partial charge is 0.494 e. The van der Waals surface area contributed by atoms with Crippen molar-refractivity contribution >= 4 is 23.6 Å². The fourth-order valence-electron chi connectivity index (χ4n) is 3.85. The second-order valence-electron chi connectivity index (χ2n) is 8.66. The fourth-order valence-corrected chi connectivity index (χ4v) is 3.85. The smallest absolute Gasteiger partial charge is 0.309 e. The molecule has 8 nitrogen and oxygen atoms in total. The molecule has 0 unspecified atom stereocenters. The lowest BCUT2D eigenvalue weighted by Gasteiger charge is -2.32. The van der Waals surface area contributed by atoms with Crippen molar-refractivity contribution in [2.75, 3.05) is 39.9 Å². The van der Waals surface area contributed by atoms with E-state index in [4.69, 9.17) is 9.47 Å². The van der Waals surface area contributed by atoms with Crippen molar-refractivity contribution < 1.29 is 28.7 Å². The van der Waals surface area contributed by atoms with Gasteiger partial charge in [0, 0.05) is 38.5 Å². The molecular weight excluding hydrogens is 436 g/mol. The van der Waals surface area contributed by atoms with Crippen LogP contribution in [0.5, 0.6) is 5.75 Å². The van der Waals surface area contributed by atoms with E-state index in [1.54, 1.807) is 43.1 Å². The number of amides is 2. The standard InChI is InChI=1S/C26H38N2O6/c1-4-6-7-18-34-22-10-8-20(9-11-22)23(29)12-13-24(30)27(3)19-25(31)28-16-14-21(15-17-28)26(32)33-5-2/h8-11,21H,4-7,12-19H2,1-3H3. The van der Waals surface area contributed by atoms with Crippen LogP contribution < -0.4 is 4.74 Å². The molecule has 1 heterocycles. The Morgan fingerprint density at radius 2 is 1.68 bits per heavy atom. The number of unbranched alkanes of at least 4 members (excludes halogenated alkanes) is 2. The molecule has 0 spiro atoms. The average Bonchev–Trinajstić information content (AvgIpc) is 2.85. The Morgan fingerprint density at radius 3 is 2.29 bits per heavy atom. The van der Waals surface area contributed by atoms with Crippen LogP contribution in [0.4, 0.5) is 0 Å². The number of piperidine rings is 1. The maximum atomic E-state index is 12.6. The van der Waals surface area contributed by atoms with E-state index in [9.17, 15) is 19.2 Å². The average molecular weight is 475 g/mol. The maximum Gasteiger partial charge on any atom is 0.309 e. The topological polar surface area (TPSA) is 93.2 Å². The lowest BCUT2D eigenvalue weighted by Crippen LogP contribution is -2.45. The maximum absolute atomic E-state index is 12.6. The van der Waals surface area contributed by atoms with Crippen LogP contribution in [-0.2, 0) is 19.1 Å². The highest BCUT2D eigenvalue weighted by Gasteiger charge is 2.29. The minimum Gasteiger partial charge on any atom is -0.494 e. The second kappa shape index (κ2) is 14.4. The molecule has 1 aliphatic heterocycles. The summed E-state index contributed by atoms with van der Waals surface area (Å²) in [6.07, 6.45) is 4.52. The highest BCUT2D eigenvalue weighted by atomic mass is 16.5. The molecule has 0 bridgehead atoms. The molecule has 0 radical (unpaired) electrons. The molecule has 0 aromatic heterocycles. The molecule has 0 aliphatic carbocycles. The van der Waals surface area contributed by atoms with Gasteiger partial charge in [-0.1, -0.05) is 19.8 Å². The van der Waals surface area contributed by atoms with Gasteiger partial charge in [0.25, 0.3) is 0 Å². The molecule has 1 saturated heterocycles. The predicted molar refractivity (Wildman–Crippen MR) is 129 cm³/mol. The first kappa shape index (κ1) is 27.3. The van der Waals surface area contributed by atoms with Gasteiger partial charge in [-0.2, -0.15) is 0 Å². The van der Waals surface area contributed by atoms with Gasteiger partial charge in [0.1, 0.15) is 5.75 Å². The van der Waals surface area contributed by atoms with Gasteiger partial charge in [0.15, 0.2) is 5.78 Å². The molecule has 8 heteroatoms. The second-order valence-corrected chi connectivity index (χ2v) is 8.66. The Bertz CT molecular complexity index is 815. The third-order valence-corrected chi connectivity index (χ3v) is 6.02. The number of Topliss-reactive ketones (excluding diaryl/α,β-unsaturated/α-hetero) is 1. The van der Waals surface area contributed by atoms with Gasteiger partial charge in [-0.3, -0.25) is 19.2 Å². The SMILES string of the molecule is CCCCCOc1ccc(C(=O)CCC(=O)N(C)CC(=O)N2CCC(C(=O)OCC)CC2)cc1. The summed E-state index contributed by atoms with van der Waals surface area (Å²) < 4.78 is 10.7. The Kier molecular flexibility index (Phi) is 11.6. The normalized spacial score (nSPS) is 13.9. The van der Waals surface area contributed by atoms with Gasteiger partial charge in [-0.15, -0.1) is 0 Å². The molecular formula is C26H38N2O6. The van der Waals surface area contributed by atoms with Crippen LogP contribution >= 0.6 is 0 Å². The lowest BCUT2D eigenvalue weighted by atomic mass is 9.97. The molecule has 2 rings (SSSR count). The van der Waals surface area contributed by atoms with E-state index in [0.717, 1.165) is 25.0 Å². The first-order valence-corrected chi connectivity index (χ1v) is 12.3. The number of hydrogen-bond acceptors (Lipinski definition) is 6. The van der Waals surface area contributed by atoms with Crippen LogP contribution in [0, 0.1) is 5.92 Å². The number of ether oxygens (including phenoxy) is 2. The molecule has 1 fully saturated rings. The molecule has 34 heavy (non-hydrogen) atoms. The highest BCUT2D eigenvalue weighted by molar-refractivity contribution is 5.98. The van der Waals surface area contributed by atoms with Gasteiger partial charge in [0.2, 0.25) is 11.8 Å². The summed E-state index contributed by atoms with van der Waals surface area (Å²) >= 11 is 0. The van der Waals surface area contributed by atoms with E-state index >= 15 is 0 Å². The van der Waals surface area contributed by atoms with Gasteiger partial charge in [-0.25, -0.2) is 0 Å². The van der Waals surface area contributed by atoms with Crippen molar-refractivity contribution in [1.29, 1.82) is 0 Å². The molecule has 2 amide bonds. The number of nitrogens with zero attached hydrogens (tertiary/aromatic N) is 2. The summed E-state index contributed by atoms with van der Waals surface area (Å²) in [6, 6.07) is 6.98. The van der Waals surface area contributed by atoms with E-state index in [0.29, 0.717) is 44.7 Å². The number of carbonyl (C=O) groups excluding carboxylic acids is 4. The minimum atomic E-state index is -0.251. The Morgan fingerprint density at radius 1 is 1.00 bits per heavy atom. The highest BCUT2D eigenvalue weighted by Crippen LogP contribution is 2.19. The molecule has 188 valence electrons. The number of esters is 1. The van der Waals surface area contributed by atoms with Crippen molar-refractivity contribution in [2.24, 2.45) is 5.92 Å². The molecule has 0 N–H and O–H groups in total. The van der Waals surface area contributed by atoms with Gasteiger partial charge in [-0.05, 0) is 50.5 Å². The predicted octanol–water partition coefficient (Wildman–Crippen LogP) is 3.48. The van der Waals surface area contributed by atoms with E-state index in [-0.39, 0.29) is 48.9 Å². The van der Waals surface area contributed by atoms with Crippen molar-refractivity contribution in [3.8, 4) is 5.75 Å². The Labute approximate surface area is 202 Å². The summed E-state index contributed by atoms with van der Waals surface area (Å²) in [6.45, 7) is 5.83. The minimum absolute atomic E-state index is 0.0405. The molecule has 0 atom stereocenters. The summed E-state index contributed by atoms with van der Waals surface area (Å²) in [4.78, 5) is 52.4. The van der Waals surface area contributed by atoms with Crippen LogP contribution in [0.1, 0.15) is 69.2 Å². The van der Waals surface area contributed by atoms with Crippen LogP contribution in [0.15, 0.2) is 24.3 Å². The van der Waals surface area contributed by atoms with Crippen LogP contribution in [-0.4, -0.2) is 73.3 Å². The number of carbonyl (C=O) groups is 4. The van der Waals surface area contributed by atoms with Gasteiger partial charge >= 0.3 is 5.97 Å². The monoisotopic (exact) mass is 474 g/mol. The molecule has 0 saturated carbocycles. The first-order chi connectivity index (χ1) is 16.3. The van der Waals surface area contributed by atoms with Crippen molar-refractivity contribution in [3.05, 3.63) is 29.8 Å². The summed E-state index contributed by atoms with van der Waals surface area (Å²) in [5.74, 6) is -0.172. The first-order valence-electron chi connectivity index (χ1n) is 12.3.